The second-order valence-electron chi connectivity index (χ2n) is 6.90. The van der Waals surface area contributed by atoms with E-state index >= 15 is 0 Å². The zero-order chi connectivity index (χ0) is 15.0. The molecule has 0 spiro atoms. The lowest BCUT2D eigenvalue weighted by molar-refractivity contribution is 0.115. The third-order valence-corrected chi connectivity index (χ3v) is 5.39. The van der Waals surface area contributed by atoms with E-state index < -0.39 is 17.2 Å². The minimum absolute atomic E-state index is 0.329. The lowest BCUT2D eigenvalue weighted by Gasteiger charge is -2.43. The van der Waals surface area contributed by atoms with Crippen LogP contribution in [0.1, 0.15) is 58.4 Å². The molecule has 1 aliphatic carbocycles. The molecule has 112 valence electrons. The first-order valence-corrected chi connectivity index (χ1v) is 7.53. The van der Waals surface area contributed by atoms with Gasteiger partial charge in [-0.15, -0.1) is 0 Å². The first-order valence-electron chi connectivity index (χ1n) is 7.53. The molecule has 1 aliphatic rings. The summed E-state index contributed by atoms with van der Waals surface area (Å²) in [6, 6.07) is 4.08. The molecule has 1 aromatic carbocycles. The maximum Gasteiger partial charge on any atom is 0.159 e. The topological polar surface area (TPSA) is 26.0 Å². The molecule has 2 rings (SSSR count). The highest BCUT2D eigenvalue weighted by Crippen LogP contribution is 2.45. The second-order valence-corrected chi connectivity index (χ2v) is 6.90. The standard InChI is InChI=1S/C17H25F2N/c1-4-16(2,3)12-7-9-17(20,10-8-12)13-5-6-14(18)15(19)11-13/h5-6,11-12H,4,7-10,20H2,1-3H3. The smallest absolute Gasteiger partial charge is 0.159 e. The fraction of sp³-hybridized carbons (Fsp3) is 0.647. The molecule has 0 atom stereocenters. The van der Waals surface area contributed by atoms with E-state index in [9.17, 15) is 8.78 Å². The highest BCUT2D eigenvalue weighted by molar-refractivity contribution is 5.26. The third-order valence-electron chi connectivity index (χ3n) is 5.39. The van der Waals surface area contributed by atoms with Gasteiger partial charge in [0.05, 0.1) is 0 Å². The van der Waals surface area contributed by atoms with Crippen LogP contribution in [0.15, 0.2) is 18.2 Å². The Hall–Kier alpha value is -0.960. The van der Waals surface area contributed by atoms with E-state index in [-0.39, 0.29) is 0 Å². The van der Waals surface area contributed by atoms with E-state index in [1.165, 1.54) is 12.1 Å². The number of hydrogen-bond acceptors (Lipinski definition) is 1. The van der Waals surface area contributed by atoms with Crippen LogP contribution in [-0.4, -0.2) is 0 Å². The van der Waals surface area contributed by atoms with E-state index in [4.69, 9.17) is 5.73 Å². The quantitative estimate of drug-likeness (QED) is 0.850. The molecule has 1 fully saturated rings. The minimum Gasteiger partial charge on any atom is -0.321 e. The van der Waals surface area contributed by atoms with Crippen LogP contribution >= 0.6 is 0 Å². The first kappa shape index (κ1) is 15.4. The molecule has 0 aliphatic heterocycles. The van der Waals surface area contributed by atoms with E-state index in [0.717, 1.165) is 37.7 Å². The fourth-order valence-corrected chi connectivity index (χ4v) is 3.30. The lowest BCUT2D eigenvalue weighted by atomic mass is 9.64. The number of benzene rings is 1. The number of hydrogen-bond donors (Lipinski definition) is 1. The fourth-order valence-electron chi connectivity index (χ4n) is 3.30. The number of rotatable bonds is 3. The van der Waals surface area contributed by atoms with Crippen LogP contribution in [0.2, 0.25) is 0 Å². The van der Waals surface area contributed by atoms with Crippen LogP contribution in [0.25, 0.3) is 0 Å². The van der Waals surface area contributed by atoms with Gasteiger partial charge >= 0.3 is 0 Å². The third kappa shape index (κ3) is 2.88. The van der Waals surface area contributed by atoms with Gasteiger partial charge in [0.15, 0.2) is 11.6 Å². The molecule has 1 aromatic rings. The molecule has 20 heavy (non-hydrogen) atoms. The van der Waals surface area contributed by atoms with Crippen molar-refractivity contribution in [2.45, 2.75) is 58.4 Å². The SMILES string of the molecule is CCC(C)(C)C1CCC(N)(c2ccc(F)c(F)c2)CC1. The predicted molar refractivity (Wildman–Crippen MR) is 78.3 cm³/mol. The van der Waals surface area contributed by atoms with Crippen LogP contribution in [0, 0.1) is 23.0 Å². The lowest BCUT2D eigenvalue weighted by Crippen LogP contribution is -2.42. The Balaban J connectivity index is 2.13. The van der Waals surface area contributed by atoms with Gasteiger partial charge in [-0.05, 0) is 54.7 Å². The Labute approximate surface area is 120 Å². The Morgan fingerprint density at radius 2 is 1.80 bits per heavy atom. The van der Waals surface area contributed by atoms with Gasteiger partial charge in [-0.2, -0.15) is 0 Å². The molecule has 2 N–H and O–H groups in total. The summed E-state index contributed by atoms with van der Waals surface area (Å²) >= 11 is 0. The molecule has 1 nitrogen and oxygen atoms in total. The van der Waals surface area contributed by atoms with Gasteiger partial charge in [0.2, 0.25) is 0 Å². The summed E-state index contributed by atoms with van der Waals surface area (Å²) in [6.07, 6.45) is 4.94. The van der Waals surface area contributed by atoms with E-state index in [1.54, 1.807) is 6.07 Å². The van der Waals surface area contributed by atoms with E-state index in [1.807, 2.05) is 0 Å². The molecule has 0 amide bonds. The Kier molecular flexibility index (Phi) is 4.19. The monoisotopic (exact) mass is 281 g/mol. The predicted octanol–water partition coefficient (Wildman–Crippen LogP) is 4.75. The van der Waals surface area contributed by atoms with E-state index in [0.29, 0.717) is 11.3 Å². The summed E-state index contributed by atoms with van der Waals surface area (Å²) in [5.74, 6) is -0.948. The Morgan fingerprint density at radius 1 is 1.20 bits per heavy atom. The van der Waals surface area contributed by atoms with Crippen molar-refractivity contribution in [2.75, 3.05) is 0 Å². The van der Waals surface area contributed by atoms with Crippen LogP contribution < -0.4 is 5.73 Å². The van der Waals surface area contributed by atoms with Crippen LogP contribution in [-0.2, 0) is 5.54 Å². The van der Waals surface area contributed by atoms with Crippen LogP contribution in [0.5, 0.6) is 0 Å². The van der Waals surface area contributed by atoms with Gasteiger partial charge in [0.1, 0.15) is 0 Å². The highest BCUT2D eigenvalue weighted by atomic mass is 19.2. The summed E-state index contributed by atoms with van der Waals surface area (Å²) in [4.78, 5) is 0. The average molecular weight is 281 g/mol. The van der Waals surface area contributed by atoms with Crippen molar-refractivity contribution in [3.05, 3.63) is 35.4 Å². The van der Waals surface area contributed by atoms with Gasteiger partial charge in [0.25, 0.3) is 0 Å². The summed E-state index contributed by atoms with van der Waals surface area (Å²) < 4.78 is 26.4. The maximum atomic E-state index is 13.4. The normalized spacial score (nSPS) is 27.6. The summed E-state index contributed by atoms with van der Waals surface area (Å²) in [6.45, 7) is 6.83. The van der Waals surface area contributed by atoms with Gasteiger partial charge < -0.3 is 5.73 Å². The van der Waals surface area contributed by atoms with Gasteiger partial charge in [-0.25, -0.2) is 8.78 Å². The van der Waals surface area contributed by atoms with Gasteiger partial charge in [-0.3, -0.25) is 0 Å². The van der Waals surface area contributed by atoms with Crippen molar-refractivity contribution in [2.24, 2.45) is 17.1 Å². The molecule has 0 saturated heterocycles. The van der Waals surface area contributed by atoms with E-state index in [2.05, 4.69) is 20.8 Å². The summed E-state index contributed by atoms with van der Waals surface area (Å²) in [5.41, 5.74) is 7.01. The summed E-state index contributed by atoms with van der Waals surface area (Å²) in [5, 5.41) is 0. The molecule has 1 saturated carbocycles. The minimum atomic E-state index is -0.807. The zero-order valence-electron chi connectivity index (χ0n) is 12.7. The van der Waals surface area contributed by atoms with Gasteiger partial charge in [0, 0.05) is 5.54 Å². The van der Waals surface area contributed by atoms with Crippen molar-refractivity contribution in [1.82, 2.24) is 0 Å². The van der Waals surface area contributed by atoms with Crippen molar-refractivity contribution in [1.29, 1.82) is 0 Å². The first-order chi connectivity index (χ1) is 9.28. The zero-order valence-corrected chi connectivity index (χ0v) is 12.7. The molecule has 3 heteroatoms. The molecular formula is C17H25F2N. The molecule has 0 heterocycles. The Bertz CT molecular complexity index is 474. The van der Waals surface area contributed by atoms with Crippen molar-refractivity contribution < 1.29 is 8.78 Å². The molecule has 0 bridgehead atoms. The summed E-state index contributed by atoms with van der Waals surface area (Å²) in [7, 11) is 0. The van der Waals surface area contributed by atoms with Crippen molar-refractivity contribution in [3.8, 4) is 0 Å². The van der Waals surface area contributed by atoms with Crippen molar-refractivity contribution in [3.63, 3.8) is 0 Å². The number of halogens is 2. The average Bonchev–Trinajstić information content (AvgIpc) is 2.42. The largest absolute Gasteiger partial charge is 0.321 e. The van der Waals surface area contributed by atoms with Crippen LogP contribution in [0.3, 0.4) is 0 Å². The Morgan fingerprint density at radius 3 is 2.30 bits per heavy atom. The second kappa shape index (κ2) is 5.44. The van der Waals surface area contributed by atoms with Gasteiger partial charge in [-0.1, -0.05) is 33.3 Å². The molecule has 0 unspecified atom stereocenters. The molecular weight excluding hydrogens is 256 g/mol. The maximum absolute atomic E-state index is 13.4. The number of nitrogens with two attached hydrogens (primary N) is 1. The molecule has 0 radical (unpaired) electrons. The van der Waals surface area contributed by atoms with Crippen molar-refractivity contribution >= 4 is 0 Å². The van der Waals surface area contributed by atoms with Crippen LogP contribution in [0.4, 0.5) is 8.78 Å². The highest BCUT2D eigenvalue weighted by Gasteiger charge is 2.38. The molecule has 0 aromatic heterocycles.